The van der Waals surface area contributed by atoms with Gasteiger partial charge in [0.15, 0.2) is 0 Å². The molecule has 0 atom stereocenters. The number of hydrogen-bond acceptors (Lipinski definition) is 5. The number of carbonyl (C=O) groups excluding carboxylic acids is 2. The van der Waals surface area contributed by atoms with Gasteiger partial charge in [-0.25, -0.2) is 9.59 Å². The molecular weight excluding hydrogens is 386 g/mol. The molecule has 0 aliphatic heterocycles. The van der Waals surface area contributed by atoms with E-state index in [0.717, 1.165) is 0 Å². The molecule has 0 aliphatic rings. The van der Waals surface area contributed by atoms with Crippen LogP contribution in [0.4, 0.5) is 26.3 Å². The van der Waals surface area contributed by atoms with Crippen molar-refractivity contribution >= 4 is 23.5 Å². The Balaban J connectivity index is 2.61. The monoisotopic (exact) mass is 394 g/mol. The summed E-state index contributed by atoms with van der Waals surface area (Å²) in [6.45, 7) is -1.97. The van der Waals surface area contributed by atoms with Gasteiger partial charge in [-0.2, -0.15) is 26.3 Å². The number of alkyl halides is 6. The number of halogens is 7. The second-order valence-electron chi connectivity index (χ2n) is 4.48. The van der Waals surface area contributed by atoms with Crippen molar-refractivity contribution in [2.45, 2.75) is 18.0 Å². The van der Waals surface area contributed by atoms with E-state index in [1.54, 1.807) is 0 Å². The molecule has 0 bridgehead atoms. The van der Waals surface area contributed by atoms with Gasteiger partial charge >= 0.3 is 29.9 Å². The van der Waals surface area contributed by atoms with Crippen LogP contribution in [0.25, 0.3) is 0 Å². The van der Waals surface area contributed by atoms with Gasteiger partial charge in [-0.3, -0.25) is 0 Å². The van der Waals surface area contributed by atoms with E-state index in [1.165, 1.54) is 24.3 Å². The summed E-state index contributed by atoms with van der Waals surface area (Å²) in [5.74, 6) is -3.95. The van der Waals surface area contributed by atoms with Gasteiger partial charge < -0.3 is 14.6 Å². The van der Waals surface area contributed by atoms with Crippen molar-refractivity contribution < 1.29 is 50.5 Å². The molecule has 5 nitrogen and oxygen atoms in total. The maximum absolute atomic E-state index is 12.4. The Morgan fingerprint density at radius 1 is 0.920 bits per heavy atom. The SMILES string of the molecule is O=C(OCCOC(=O)C(O)(C(F)(F)F)C(F)(F)F)c1ccc(Cl)cc1. The van der Waals surface area contributed by atoms with Gasteiger partial charge in [0.1, 0.15) is 13.2 Å². The Morgan fingerprint density at radius 2 is 1.36 bits per heavy atom. The molecular formula is C13H9ClF6O5. The Labute approximate surface area is 141 Å². The van der Waals surface area contributed by atoms with Crippen molar-refractivity contribution in [3.05, 3.63) is 34.9 Å². The number of aliphatic hydroxyl groups is 1. The van der Waals surface area contributed by atoms with Gasteiger partial charge in [0.2, 0.25) is 0 Å². The fourth-order valence-corrected chi connectivity index (χ4v) is 1.56. The van der Waals surface area contributed by atoms with Gasteiger partial charge in [0.05, 0.1) is 5.56 Å². The van der Waals surface area contributed by atoms with Crippen LogP contribution >= 0.6 is 11.6 Å². The number of esters is 2. The van der Waals surface area contributed by atoms with Crippen LogP contribution in [0, 0.1) is 0 Å². The number of hydrogen-bond donors (Lipinski definition) is 1. The Morgan fingerprint density at radius 3 is 1.80 bits per heavy atom. The first kappa shape index (κ1) is 21.0. The van der Waals surface area contributed by atoms with E-state index in [4.69, 9.17) is 16.7 Å². The van der Waals surface area contributed by atoms with Crippen LogP contribution in [0.15, 0.2) is 24.3 Å². The zero-order valence-electron chi connectivity index (χ0n) is 11.9. The van der Waals surface area contributed by atoms with E-state index in [0.29, 0.717) is 5.02 Å². The molecule has 1 N–H and O–H groups in total. The van der Waals surface area contributed by atoms with Gasteiger partial charge in [0.25, 0.3) is 0 Å². The maximum atomic E-state index is 12.4. The smallest absolute Gasteiger partial charge is 0.437 e. The van der Waals surface area contributed by atoms with E-state index in [-0.39, 0.29) is 5.56 Å². The molecule has 1 aromatic rings. The second kappa shape index (κ2) is 7.48. The molecule has 0 unspecified atom stereocenters. The fraction of sp³-hybridized carbons (Fsp3) is 0.385. The molecule has 0 amide bonds. The van der Waals surface area contributed by atoms with Crippen LogP contribution in [0.1, 0.15) is 10.4 Å². The first-order valence-electron chi connectivity index (χ1n) is 6.26. The van der Waals surface area contributed by atoms with E-state index < -0.39 is 43.1 Å². The molecule has 12 heteroatoms. The topological polar surface area (TPSA) is 72.8 Å². The van der Waals surface area contributed by atoms with Gasteiger partial charge in [-0.1, -0.05) is 11.6 Å². The van der Waals surface area contributed by atoms with Crippen LogP contribution in [0.2, 0.25) is 5.02 Å². The Bertz CT molecular complexity index is 611. The lowest BCUT2D eigenvalue weighted by Gasteiger charge is -2.29. The van der Waals surface area contributed by atoms with Crippen molar-refractivity contribution in [2.24, 2.45) is 0 Å². The van der Waals surface area contributed by atoms with Crippen LogP contribution in [-0.2, 0) is 14.3 Å². The minimum Gasteiger partial charge on any atom is -0.459 e. The average molecular weight is 395 g/mol. The number of benzene rings is 1. The maximum Gasteiger partial charge on any atom is 0.437 e. The van der Waals surface area contributed by atoms with Crippen molar-refractivity contribution in [1.29, 1.82) is 0 Å². The lowest BCUT2D eigenvalue weighted by atomic mass is 10.0. The van der Waals surface area contributed by atoms with E-state index in [2.05, 4.69) is 9.47 Å². The van der Waals surface area contributed by atoms with Gasteiger partial charge in [0, 0.05) is 5.02 Å². The Hall–Kier alpha value is -2.01. The molecule has 1 rings (SSSR count). The fourth-order valence-electron chi connectivity index (χ4n) is 1.43. The molecule has 0 aromatic heterocycles. The molecule has 0 aliphatic carbocycles. The van der Waals surface area contributed by atoms with Crippen molar-refractivity contribution in [2.75, 3.05) is 13.2 Å². The van der Waals surface area contributed by atoms with E-state index in [1.807, 2.05) is 0 Å². The minimum atomic E-state index is -6.34. The third kappa shape index (κ3) is 4.75. The molecule has 1 aromatic carbocycles. The van der Waals surface area contributed by atoms with Crippen molar-refractivity contribution in [1.82, 2.24) is 0 Å². The second-order valence-corrected chi connectivity index (χ2v) is 4.92. The van der Waals surface area contributed by atoms with E-state index >= 15 is 0 Å². The van der Waals surface area contributed by atoms with Crippen LogP contribution in [0.5, 0.6) is 0 Å². The lowest BCUT2D eigenvalue weighted by Crippen LogP contribution is -2.63. The molecule has 0 radical (unpaired) electrons. The summed E-state index contributed by atoms with van der Waals surface area (Å²) in [5.41, 5.74) is -5.68. The molecule has 140 valence electrons. The summed E-state index contributed by atoms with van der Waals surface area (Å²) in [7, 11) is 0. The normalized spacial score (nSPS) is 12.6. The highest BCUT2D eigenvalue weighted by Gasteiger charge is 2.76. The lowest BCUT2D eigenvalue weighted by molar-refractivity contribution is -0.357. The highest BCUT2D eigenvalue weighted by Crippen LogP contribution is 2.43. The van der Waals surface area contributed by atoms with Crippen molar-refractivity contribution in [3.8, 4) is 0 Å². The van der Waals surface area contributed by atoms with Crippen LogP contribution < -0.4 is 0 Å². The average Bonchev–Trinajstić information content (AvgIpc) is 2.48. The van der Waals surface area contributed by atoms with Crippen molar-refractivity contribution in [3.63, 3.8) is 0 Å². The summed E-state index contributed by atoms with van der Waals surface area (Å²) in [5, 5.41) is 9.03. The molecule has 25 heavy (non-hydrogen) atoms. The molecule has 0 fully saturated rings. The largest absolute Gasteiger partial charge is 0.459 e. The zero-order chi connectivity index (χ0) is 19.5. The third-order valence-corrected chi connectivity index (χ3v) is 3.00. The summed E-state index contributed by atoms with van der Waals surface area (Å²) in [6.07, 6.45) is -12.7. The highest BCUT2D eigenvalue weighted by molar-refractivity contribution is 6.30. The zero-order valence-corrected chi connectivity index (χ0v) is 12.7. The van der Waals surface area contributed by atoms with E-state index in [9.17, 15) is 35.9 Å². The molecule has 0 spiro atoms. The quantitative estimate of drug-likeness (QED) is 0.472. The molecule has 0 saturated heterocycles. The summed E-state index contributed by atoms with van der Waals surface area (Å²) < 4.78 is 82.5. The minimum absolute atomic E-state index is 0.00202. The first-order chi connectivity index (χ1) is 11.3. The first-order valence-corrected chi connectivity index (χ1v) is 6.64. The Kier molecular flexibility index (Phi) is 6.29. The summed E-state index contributed by atoms with van der Waals surface area (Å²) >= 11 is 5.58. The number of ether oxygens (including phenoxy) is 2. The van der Waals surface area contributed by atoms with Crippen LogP contribution in [-0.4, -0.2) is 48.2 Å². The highest BCUT2D eigenvalue weighted by atomic mass is 35.5. The predicted octanol–water partition coefficient (Wildman–Crippen LogP) is 2.90. The van der Waals surface area contributed by atoms with Crippen LogP contribution in [0.3, 0.4) is 0 Å². The summed E-state index contributed by atoms with van der Waals surface area (Å²) in [4.78, 5) is 22.5. The van der Waals surface area contributed by atoms with Gasteiger partial charge in [-0.05, 0) is 24.3 Å². The predicted molar refractivity (Wildman–Crippen MR) is 69.8 cm³/mol. The third-order valence-electron chi connectivity index (χ3n) is 2.75. The molecule has 0 heterocycles. The number of carbonyl (C=O) groups is 2. The summed E-state index contributed by atoms with van der Waals surface area (Å²) in [6, 6.07) is 5.18. The standard InChI is InChI=1S/C13H9ClF6O5/c14-8-3-1-7(2-4-8)9(21)24-5-6-25-10(22)11(23,12(15,16)17)13(18,19)20/h1-4,23H,5-6H2. The van der Waals surface area contributed by atoms with Gasteiger partial charge in [-0.15, -0.1) is 0 Å². The molecule has 0 saturated carbocycles. The number of rotatable bonds is 5.